The molecule has 0 saturated heterocycles. The summed E-state index contributed by atoms with van der Waals surface area (Å²) in [6.07, 6.45) is 19.6. The molecule has 0 aliphatic heterocycles. The van der Waals surface area contributed by atoms with Crippen LogP contribution in [0.3, 0.4) is 0 Å². The molecule has 3 heteroatoms. The van der Waals surface area contributed by atoms with Crippen LogP contribution in [0.25, 0.3) is 22.3 Å². The van der Waals surface area contributed by atoms with Crippen molar-refractivity contribution in [3.8, 4) is 22.3 Å². The second kappa shape index (κ2) is 15.4. The lowest BCUT2D eigenvalue weighted by molar-refractivity contribution is 0.155. The molecule has 5 rings (SSSR count). The third kappa shape index (κ3) is 7.95. The van der Waals surface area contributed by atoms with Crippen LogP contribution in [0.5, 0.6) is 0 Å². The average Bonchev–Trinajstić information content (AvgIpc) is 3.04. The molecule has 3 aromatic rings. The van der Waals surface area contributed by atoms with Crippen molar-refractivity contribution < 1.29 is 13.2 Å². The summed E-state index contributed by atoms with van der Waals surface area (Å²) in [5.74, 6) is 1.40. The molecule has 0 N–H and O–H groups in total. The fourth-order valence-corrected chi connectivity index (χ4v) is 7.97. The van der Waals surface area contributed by atoms with Crippen LogP contribution >= 0.6 is 0 Å². The van der Waals surface area contributed by atoms with Crippen LogP contribution in [0, 0.1) is 35.2 Å². The van der Waals surface area contributed by atoms with Crippen LogP contribution in [0.15, 0.2) is 54.6 Å². The number of rotatable bonds is 12. The van der Waals surface area contributed by atoms with Gasteiger partial charge in [0, 0.05) is 11.1 Å². The van der Waals surface area contributed by atoms with Crippen molar-refractivity contribution in [2.75, 3.05) is 0 Å². The van der Waals surface area contributed by atoms with Crippen molar-refractivity contribution in [1.29, 1.82) is 0 Å². The van der Waals surface area contributed by atoms with Gasteiger partial charge in [-0.2, -0.15) is 0 Å². The fourth-order valence-electron chi connectivity index (χ4n) is 7.97. The van der Waals surface area contributed by atoms with E-state index in [9.17, 15) is 8.78 Å². The predicted molar refractivity (Wildman–Crippen MR) is 175 cm³/mol. The van der Waals surface area contributed by atoms with Gasteiger partial charge in [0.1, 0.15) is 5.82 Å². The zero-order chi connectivity index (χ0) is 30.2. The van der Waals surface area contributed by atoms with Crippen LogP contribution in [0.4, 0.5) is 13.2 Å². The van der Waals surface area contributed by atoms with Crippen molar-refractivity contribution in [1.82, 2.24) is 0 Å². The maximum Gasteiger partial charge on any atom is 0.166 e. The first-order chi connectivity index (χ1) is 21.0. The predicted octanol–water partition coefficient (Wildman–Crippen LogP) is 12.8. The lowest BCUT2D eigenvalue weighted by Gasteiger charge is -2.38. The van der Waals surface area contributed by atoms with Gasteiger partial charge in [-0.1, -0.05) is 114 Å². The van der Waals surface area contributed by atoms with Crippen molar-refractivity contribution >= 4 is 0 Å². The summed E-state index contributed by atoms with van der Waals surface area (Å²) in [5.41, 5.74) is 3.69. The SMILES string of the molecule is CCCCCc1ccc(-c2ccc(-c3ccc(C4CCC(C5CCC(CCCCC)CC5)CC4)cc3F)cc2)c(F)c1F. The standard InChI is InChI=1S/C40H51F3/c1-3-5-7-9-28-11-13-29(14-12-28)30-15-17-31(18-16-30)35-24-25-36(38(41)27-35)32-19-21-33(22-20-32)37-26-23-34(10-8-6-4-2)39(42)40(37)43/h19-31H,3-18H2,1-2H3. The van der Waals surface area contributed by atoms with Crippen LogP contribution in [-0.2, 0) is 6.42 Å². The van der Waals surface area contributed by atoms with Gasteiger partial charge in [-0.15, -0.1) is 0 Å². The summed E-state index contributed by atoms with van der Waals surface area (Å²) >= 11 is 0. The summed E-state index contributed by atoms with van der Waals surface area (Å²) in [4.78, 5) is 0. The molecule has 3 aromatic carbocycles. The molecule has 2 aliphatic carbocycles. The Kier molecular flexibility index (Phi) is 11.4. The van der Waals surface area contributed by atoms with Crippen LogP contribution < -0.4 is 0 Å². The van der Waals surface area contributed by atoms with Crippen LogP contribution in [-0.4, -0.2) is 0 Å². The van der Waals surface area contributed by atoms with E-state index in [0.29, 0.717) is 29.0 Å². The van der Waals surface area contributed by atoms with E-state index in [1.807, 2.05) is 18.2 Å². The minimum atomic E-state index is -0.804. The van der Waals surface area contributed by atoms with E-state index in [4.69, 9.17) is 0 Å². The molecule has 2 fully saturated rings. The Bertz CT molecular complexity index is 1290. The Hall–Kier alpha value is -2.55. The summed E-state index contributed by atoms with van der Waals surface area (Å²) in [6, 6.07) is 16.2. The second-order valence-electron chi connectivity index (χ2n) is 13.6. The third-order valence-corrected chi connectivity index (χ3v) is 10.7. The number of benzene rings is 3. The highest BCUT2D eigenvalue weighted by atomic mass is 19.2. The minimum Gasteiger partial charge on any atom is -0.206 e. The lowest BCUT2D eigenvalue weighted by atomic mass is 9.68. The van der Waals surface area contributed by atoms with Gasteiger partial charge in [0.15, 0.2) is 11.6 Å². The molecule has 0 unspecified atom stereocenters. The van der Waals surface area contributed by atoms with Crippen molar-refractivity contribution in [3.63, 3.8) is 0 Å². The highest BCUT2D eigenvalue weighted by molar-refractivity contribution is 5.71. The van der Waals surface area contributed by atoms with E-state index in [1.165, 1.54) is 64.2 Å². The van der Waals surface area contributed by atoms with Gasteiger partial charge in [-0.05, 0) is 103 Å². The van der Waals surface area contributed by atoms with Gasteiger partial charge in [-0.3, -0.25) is 0 Å². The maximum atomic E-state index is 15.4. The van der Waals surface area contributed by atoms with E-state index in [1.54, 1.807) is 30.3 Å². The summed E-state index contributed by atoms with van der Waals surface area (Å²) in [5, 5.41) is 0. The van der Waals surface area contributed by atoms with Crippen LogP contribution in [0.2, 0.25) is 0 Å². The average molecular weight is 589 g/mol. The first kappa shape index (κ1) is 31.9. The molecular formula is C40H51F3. The highest BCUT2D eigenvalue weighted by Crippen LogP contribution is 2.45. The zero-order valence-corrected chi connectivity index (χ0v) is 26.5. The van der Waals surface area contributed by atoms with Gasteiger partial charge >= 0.3 is 0 Å². The molecule has 2 aliphatic rings. The molecule has 0 aromatic heterocycles. The quantitative estimate of drug-likeness (QED) is 0.185. The topological polar surface area (TPSA) is 0 Å². The molecule has 232 valence electrons. The molecule has 0 nitrogen and oxygen atoms in total. The highest BCUT2D eigenvalue weighted by Gasteiger charge is 2.31. The molecule has 0 radical (unpaired) electrons. The number of hydrogen-bond donors (Lipinski definition) is 0. The van der Waals surface area contributed by atoms with Gasteiger partial charge in [0.2, 0.25) is 0 Å². The lowest BCUT2D eigenvalue weighted by Crippen LogP contribution is -2.25. The van der Waals surface area contributed by atoms with Crippen molar-refractivity contribution in [2.24, 2.45) is 17.8 Å². The first-order valence-corrected chi connectivity index (χ1v) is 17.4. The molecule has 43 heavy (non-hydrogen) atoms. The van der Waals surface area contributed by atoms with Crippen molar-refractivity contribution in [3.05, 3.63) is 83.2 Å². The van der Waals surface area contributed by atoms with Gasteiger partial charge < -0.3 is 0 Å². The molecule has 2 saturated carbocycles. The number of unbranched alkanes of at least 4 members (excludes halogenated alkanes) is 4. The third-order valence-electron chi connectivity index (χ3n) is 10.7. The number of aryl methyl sites for hydroxylation is 1. The van der Waals surface area contributed by atoms with Crippen LogP contribution in [0.1, 0.15) is 127 Å². The van der Waals surface area contributed by atoms with Crippen molar-refractivity contribution in [2.45, 2.75) is 122 Å². The second-order valence-corrected chi connectivity index (χ2v) is 13.6. The Morgan fingerprint density at radius 3 is 1.79 bits per heavy atom. The minimum absolute atomic E-state index is 0.206. The van der Waals surface area contributed by atoms with E-state index in [-0.39, 0.29) is 11.4 Å². The Morgan fingerprint density at radius 1 is 0.581 bits per heavy atom. The maximum absolute atomic E-state index is 15.4. The normalized spacial score (nSPS) is 22.5. The molecular weight excluding hydrogens is 537 g/mol. The smallest absolute Gasteiger partial charge is 0.166 e. The molecule has 0 amide bonds. The van der Waals surface area contributed by atoms with E-state index >= 15 is 4.39 Å². The largest absolute Gasteiger partial charge is 0.206 e. The summed E-state index contributed by atoms with van der Waals surface area (Å²) in [7, 11) is 0. The Labute approximate surface area is 258 Å². The monoisotopic (exact) mass is 588 g/mol. The van der Waals surface area contributed by atoms with E-state index in [0.717, 1.165) is 61.0 Å². The fraction of sp³-hybridized carbons (Fsp3) is 0.550. The molecule has 0 bridgehead atoms. The summed E-state index contributed by atoms with van der Waals surface area (Å²) < 4.78 is 45.1. The Morgan fingerprint density at radius 2 is 1.16 bits per heavy atom. The number of halogens is 3. The first-order valence-electron chi connectivity index (χ1n) is 17.4. The molecule has 0 heterocycles. The van der Waals surface area contributed by atoms with E-state index < -0.39 is 11.6 Å². The molecule has 0 spiro atoms. The summed E-state index contributed by atoms with van der Waals surface area (Å²) in [6.45, 7) is 4.38. The van der Waals surface area contributed by atoms with Gasteiger partial charge in [-0.25, -0.2) is 13.2 Å². The zero-order valence-electron chi connectivity index (χ0n) is 26.5. The molecule has 0 atom stereocenters. The number of hydrogen-bond acceptors (Lipinski definition) is 0. The van der Waals surface area contributed by atoms with Gasteiger partial charge in [0.25, 0.3) is 0 Å². The van der Waals surface area contributed by atoms with E-state index in [2.05, 4.69) is 19.9 Å². The van der Waals surface area contributed by atoms with Gasteiger partial charge in [0.05, 0.1) is 0 Å². The Balaban J connectivity index is 1.16.